The maximum atomic E-state index is 5.80. The molecule has 0 aromatic heterocycles. The lowest BCUT2D eigenvalue weighted by Crippen LogP contribution is -2.32. The van der Waals surface area contributed by atoms with Crippen LogP contribution in [0.5, 0.6) is 0 Å². The normalized spacial score (nSPS) is 17.1. The number of rotatable bonds is 6. The maximum absolute atomic E-state index is 5.80. The highest BCUT2D eigenvalue weighted by Gasteiger charge is 2.30. The lowest BCUT2D eigenvalue weighted by Gasteiger charge is -2.35. The smallest absolute Gasteiger partial charge is 0.0627 e. The van der Waals surface area contributed by atoms with Gasteiger partial charge in [-0.05, 0) is 32.1 Å². The third-order valence-electron chi connectivity index (χ3n) is 2.96. The maximum Gasteiger partial charge on any atom is 0.0627 e. The van der Waals surface area contributed by atoms with Crippen LogP contribution in [0, 0.1) is 5.41 Å². The second kappa shape index (κ2) is 5.21. The fourth-order valence-electron chi connectivity index (χ4n) is 1.72. The first kappa shape index (κ1) is 13.2. The van der Waals surface area contributed by atoms with Crippen molar-refractivity contribution in [3.8, 4) is 0 Å². The van der Waals surface area contributed by atoms with Gasteiger partial charge >= 0.3 is 0 Å². The standard InChI is InChI=1S/C11H23ClO/c1-6-11(4,7-8-12)9-10(2,3)13-5/h6-9H2,1-5H3. The van der Waals surface area contributed by atoms with Gasteiger partial charge in [-0.2, -0.15) is 0 Å². The molecular formula is C11H23ClO. The van der Waals surface area contributed by atoms with Crippen molar-refractivity contribution in [3.63, 3.8) is 0 Å². The minimum atomic E-state index is -0.0309. The summed E-state index contributed by atoms with van der Waals surface area (Å²) in [7, 11) is 1.77. The van der Waals surface area contributed by atoms with E-state index in [0.717, 1.165) is 25.1 Å². The molecule has 0 bridgehead atoms. The number of methoxy groups -OCH3 is 1. The van der Waals surface area contributed by atoms with Gasteiger partial charge in [0.25, 0.3) is 0 Å². The zero-order valence-corrected chi connectivity index (χ0v) is 10.4. The summed E-state index contributed by atoms with van der Waals surface area (Å²) in [5, 5.41) is 0. The predicted octanol–water partition coefficient (Wildman–Crippen LogP) is 3.85. The van der Waals surface area contributed by atoms with Gasteiger partial charge in [-0.1, -0.05) is 20.3 Å². The van der Waals surface area contributed by atoms with Gasteiger partial charge in [-0.3, -0.25) is 0 Å². The van der Waals surface area contributed by atoms with Gasteiger partial charge in [-0.15, -0.1) is 11.6 Å². The van der Waals surface area contributed by atoms with Crippen LogP contribution in [0.2, 0.25) is 0 Å². The van der Waals surface area contributed by atoms with E-state index in [1.165, 1.54) is 0 Å². The van der Waals surface area contributed by atoms with E-state index in [-0.39, 0.29) is 5.60 Å². The van der Waals surface area contributed by atoms with Crippen molar-refractivity contribution >= 4 is 11.6 Å². The van der Waals surface area contributed by atoms with E-state index in [9.17, 15) is 0 Å². The van der Waals surface area contributed by atoms with Crippen molar-refractivity contribution in [3.05, 3.63) is 0 Å². The molecule has 0 rings (SSSR count). The second-order valence-corrected chi connectivity index (χ2v) is 5.12. The molecule has 1 atom stereocenters. The van der Waals surface area contributed by atoms with Crippen LogP contribution in [-0.4, -0.2) is 18.6 Å². The molecule has 0 fully saturated rings. The van der Waals surface area contributed by atoms with Gasteiger partial charge in [0.2, 0.25) is 0 Å². The van der Waals surface area contributed by atoms with Crippen LogP contribution in [-0.2, 0) is 4.74 Å². The number of ether oxygens (including phenoxy) is 1. The zero-order valence-electron chi connectivity index (χ0n) is 9.61. The van der Waals surface area contributed by atoms with Crippen LogP contribution >= 0.6 is 11.6 Å². The average molecular weight is 207 g/mol. The van der Waals surface area contributed by atoms with Gasteiger partial charge in [0, 0.05) is 13.0 Å². The lowest BCUT2D eigenvalue weighted by atomic mass is 9.76. The molecule has 0 N–H and O–H groups in total. The van der Waals surface area contributed by atoms with Crippen molar-refractivity contribution in [1.29, 1.82) is 0 Å². The molecule has 0 spiro atoms. The van der Waals surface area contributed by atoms with Crippen LogP contribution < -0.4 is 0 Å². The van der Waals surface area contributed by atoms with E-state index in [1.54, 1.807) is 7.11 Å². The minimum absolute atomic E-state index is 0.0309. The van der Waals surface area contributed by atoms with Crippen molar-refractivity contribution in [2.24, 2.45) is 5.41 Å². The number of hydrogen-bond acceptors (Lipinski definition) is 1. The topological polar surface area (TPSA) is 9.23 Å². The highest BCUT2D eigenvalue weighted by atomic mass is 35.5. The van der Waals surface area contributed by atoms with E-state index in [1.807, 2.05) is 0 Å². The Labute approximate surface area is 87.8 Å². The average Bonchev–Trinajstić information content (AvgIpc) is 2.04. The van der Waals surface area contributed by atoms with Gasteiger partial charge in [0.1, 0.15) is 0 Å². The van der Waals surface area contributed by atoms with E-state index < -0.39 is 0 Å². The zero-order chi connectivity index (χ0) is 10.5. The van der Waals surface area contributed by atoms with Crippen LogP contribution in [0.25, 0.3) is 0 Å². The van der Waals surface area contributed by atoms with Crippen molar-refractivity contribution in [2.45, 2.75) is 52.6 Å². The van der Waals surface area contributed by atoms with E-state index >= 15 is 0 Å². The summed E-state index contributed by atoms with van der Waals surface area (Å²) in [6, 6.07) is 0. The minimum Gasteiger partial charge on any atom is -0.379 e. The molecule has 1 nitrogen and oxygen atoms in total. The third-order valence-corrected chi connectivity index (χ3v) is 3.15. The quantitative estimate of drug-likeness (QED) is 0.600. The molecule has 0 heterocycles. The summed E-state index contributed by atoms with van der Waals surface area (Å²) in [6.07, 6.45) is 3.30. The molecule has 13 heavy (non-hydrogen) atoms. The molecule has 0 saturated heterocycles. The van der Waals surface area contributed by atoms with E-state index in [0.29, 0.717) is 5.41 Å². The van der Waals surface area contributed by atoms with Crippen LogP contribution in [0.1, 0.15) is 47.0 Å². The molecule has 0 aliphatic rings. The SMILES string of the molecule is CCC(C)(CCCl)CC(C)(C)OC. The third kappa shape index (κ3) is 4.87. The van der Waals surface area contributed by atoms with Crippen LogP contribution in [0.4, 0.5) is 0 Å². The highest BCUT2D eigenvalue weighted by molar-refractivity contribution is 6.17. The molecule has 0 aliphatic carbocycles. The van der Waals surface area contributed by atoms with Crippen LogP contribution in [0.15, 0.2) is 0 Å². The Morgan fingerprint density at radius 2 is 1.77 bits per heavy atom. The van der Waals surface area contributed by atoms with Gasteiger partial charge in [0.05, 0.1) is 5.60 Å². The molecule has 2 heteroatoms. The monoisotopic (exact) mass is 206 g/mol. The number of alkyl halides is 1. The Balaban J connectivity index is 4.25. The first-order chi connectivity index (χ1) is 5.89. The molecule has 0 amide bonds. The lowest BCUT2D eigenvalue weighted by molar-refractivity contribution is -0.0184. The number of halogens is 1. The molecular weight excluding hydrogens is 184 g/mol. The summed E-state index contributed by atoms with van der Waals surface area (Å²) >= 11 is 5.80. The second-order valence-electron chi connectivity index (χ2n) is 4.74. The summed E-state index contributed by atoms with van der Waals surface area (Å²) in [4.78, 5) is 0. The van der Waals surface area contributed by atoms with Crippen molar-refractivity contribution in [1.82, 2.24) is 0 Å². The molecule has 0 aromatic carbocycles. The number of hydrogen-bond donors (Lipinski definition) is 0. The van der Waals surface area contributed by atoms with Gasteiger partial charge in [0.15, 0.2) is 0 Å². The molecule has 80 valence electrons. The molecule has 0 radical (unpaired) electrons. The van der Waals surface area contributed by atoms with Crippen molar-refractivity contribution < 1.29 is 4.74 Å². The summed E-state index contributed by atoms with van der Waals surface area (Å²) in [6.45, 7) is 8.78. The first-order valence-corrected chi connectivity index (χ1v) is 5.54. The van der Waals surface area contributed by atoms with E-state index in [4.69, 9.17) is 16.3 Å². The fraction of sp³-hybridized carbons (Fsp3) is 1.00. The largest absolute Gasteiger partial charge is 0.379 e. The van der Waals surface area contributed by atoms with Gasteiger partial charge in [-0.25, -0.2) is 0 Å². The molecule has 1 unspecified atom stereocenters. The Hall–Kier alpha value is 0.250. The Morgan fingerprint density at radius 3 is 2.08 bits per heavy atom. The van der Waals surface area contributed by atoms with Crippen LogP contribution in [0.3, 0.4) is 0 Å². The summed E-state index contributed by atoms with van der Waals surface area (Å²) < 4.78 is 5.44. The van der Waals surface area contributed by atoms with E-state index in [2.05, 4.69) is 27.7 Å². The molecule has 0 aromatic rings. The Kier molecular flexibility index (Phi) is 5.31. The van der Waals surface area contributed by atoms with Crippen molar-refractivity contribution in [2.75, 3.05) is 13.0 Å². The summed E-state index contributed by atoms with van der Waals surface area (Å²) in [5.74, 6) is 0.740. The molecule has 0 saturated carbocycles. The molecule has 0 aliphatic heterocycles. The fourth-order valence-corrected chi connectivity index (χ4v) is 2.17. The predicted molar refractivity (Wildman–Crippen MR) is 59.4 cm³/mol. The van der Waals surface area contributed by atoms with Gasteiger partial charge < -0.3 is 4.74 Å². The first-order valence-electron chi connectivity index (χ1n) is 5.00. The Bertz CT molecular complexity index is 145. The Morgan fingerprint density at radius 1 is 1.23 bits per heavy atom. The highest BCUT2D eigenvalue weighted by Crippen LogP contribution is 2.36. The summed E-state index contributed by atoms with van der Waals surface area (Å²) in [5.41, 5.74) is 0.290.